The SMILES string of the molecule is O=C(ON(Cc1ccccc1)Cc1cccc2ccccc12)c1ccccc1. The summed E-state index contributed by atoms with van der Waals surface area (Å²) in [5.41, 5.74) is 2.75. The highest BCUT2D eigenvalue weighted by molar-refractivity contribution is 5.89. The molecule has 4 aromatic rings. The number of benzene rings is 4. The van der Waals surface area contributed by atoms with Crippen LogP contribution in [0.3, 0.4) is 0 Å². The van der Waals surface area contributed by atoms with Gasteiger partial charge in [0, 0.05) is 0 Å². The van der Waals surface area contributed by atoms with Crippen molar-refractivity contribution in [1.82, 2.24) is 5.06 Å². The maximum atomic E-state index is 12.6. The van der Waals surface area contributed by atoms with Gasteiger partial charge in [-0.3, -0.25) is 0 Å². The minimum Gasteiger partial charge on any atom is -0.363 e. The fourth-order valence-electron chi connectivity index (χ4n) is 3.27. The van der Waals surface area contributed by atoms with Crippen molar-refractivity contribution in [2.75, 3.05) is 0 Å². The molecule has 0 saturated heterocycles. The molecule has 0 atom stereocenters. The van der Waals surface area contributed by atoms with Crippen molar-refractivity contribution in [1.29, 1.82) is 0 Å². The number of fused-ring (bicyclic) bond motifs is 1. The van der Waals surface area contributed by atoms with E-state index in [9.17, 15) is 4.79 Å². The molecule has 0 aliphatic rings. The predicted molar refractivity (Wildman–Crippen MR) is 111 cm³/mol. The van der Waals surface area contributed by atoms with E-state index < -0.39 is 0 Å². The van der Waals surface area contributed by atoms with E-state index in [-0.39, 0.29) is 5.97 Å². The van der Waals surface area contributed by atoms with Crippen LogP contribution in [-0.2, 0) is 17.9 Å². The normalized spacial score (nSPS) is 10.9. The summed E-state index contributed by atoms with van der Waals surface area (Å²) in [7, 11) is 0. The second-order valence-electron chi connectivity index (χ2n) is 6.67. The molecule has 0 fully saturated rings. The summed E-state index contributed by atoms with van der Waals surface area (Å²) >= 11 is 0. The topological polar surface area (TPSA) is 29.5 Å². The van der Waals surface area contributed by atoms with Gasteiger partial charge < -0.3 is 4.84 Å². The van der Waals surface area contributed by atoms with Gasteiger partial charge in [0.15, 0.2) is 0 Å². The second-order valence-corrected chi connectivity index (χ2v) is 6.67. The summed E-state index contributed by atoms with van der Waals surface area (Å²) in [6.07, 6.45) is 0. The van der Waals surface area contributed by atoms with Gasteiger partial charge in [0.25, 0.3) is 0 Å². The van der Waals surface area contributed by atoms with E-state index in [2.05, 4.69) is 24.3 Å². The van der Waals surface area contributed by atoms with Crippen molar-refractivity contribution in [3.63, 3.8) is 0 Å². The van der Waals surface area contributed by atoms with Crippen LogP contribution in [-0.4, -0.2) is 11.0 Å². The molecular weight excluding hydrogens is 346 g/mol. The van der Waals surface area contributed by atoms with Gasteiger partial charge in [-0.2, -0.15) is 0 Å². The largest absolute Gasteiger partial charge is 0.363 e. The Morgan fingerprint density at radius 2 is 1.32 bits per heavy atom. The minimum atomic E-state index is -0.350. The minimum absolute atomic E-state index is 0.350. The zero-order valence-corrected chi connectivity index (χ0v) is 15.5. The van der Waals surface area contributed by atoms with Crippen LogP contribution in [0.1, 0.15) is 21.5 Å². The second kappa shape index (κ2) is 8.51. The third-order valence-corrected chi connectivity index (χ3v) is 4.65. The summed E-state index contributed by atoms with van der Waals surface area (Å²) in [4.78, 5) is 18.4. The molecule has 0 N–H and O–H groups in total. The van der Waals surface area contributed by atoms with E-state index in [1.807, 2.05) is 66.7 Å². The number of nitrogens with zero attached hydrogens (tertiary/aromatic N) is 1. The van der Waals surface area contributed by atoms with Crippen LogP contribution in [0.15, 0.2) is 103 Å². The third kappa shape index (κ3) is 4.27. The molecule has 4 aromatic carbocycles. The molecule has 0 radical (unpaired) electrons. The lowest BCUT2D eigenvalue weighted by Crippen LogP contribution is -2.27. The van der Waals surface area contributed by atoms with Crippen molar-refractivity contribution in [2.24, 2.45) is 0 Å². The average Bonchev–Trinajstić information content (AvgIpc) is 2.75. The highest BCUT2D eigenvalue weighted by atomic mass is 16.7. The molecule has 0 unspecified atom stereocenters. The summed E-state index contributed by atoms with van der Waals surface area (Å²) in [5.74, 6) is -0.350. The third-order valence-electron chi connectivity index (χ3n) is 4.65. The zero-order chi connectivity index (χ0) is 19.2. The summed E-state index contributed by atoms with van der Waals surface area (Å²) in [5, 5.41) is 4.07. The van der Waals surface area contributed by atoms with E-state index >= 15 is 0 Å². The zero-order valence-electron chi connectivity index (χ0n) is 15.5. The first-order chi connectivity index (χ1) is 13.8. The van der Waals surface area contributed by atoms with E-state index in [1.165, 1.54) is 10.8 Å². The van der Waals surface area contributed by atoms with Gasteiger partial charge in [0.1, 0.15) is 0 Å². The quantitative estimate of drug-likeness (QED) is 0.415. The first kappa shape index (κ1) is 18.0. The Labute approximate surface area is 164 Å². The molecule has 0 heterocycles. The van der Waals surface area contributed by atoms with Crippen LogP contribution < -0.4 is 0 Å². The molecule has 0 aliphatic heterocycles. The van der Waals surface area contributed by atoms with E-state index in [0.29, 0.717) is 18.7 Å². The van der Waals surface area contributed by atoms with Gasteiger partial charge in [-0.25, -0.2) is 4.79 Å². The number of carbonyl (C=O) groups is 1. The van der Waals surface area contributed by atoms with Gasteiger partial charge in [0.2, 0.25) is 0 Å². The Morgan fingerprint density at radius 3 is 2.11 bits per heavy atom. The number of rotatable bonds is 6. The molecule has 4 rings (SSSR count). The first-order valence-electron chi connectivity index (χ1n) is 9.32. The summed E-state index contributed by atoms with van der Waals surface area (Å²) in [6, 6.07) is 33.6. The Kier molecular flexibility index (Phi) is 5.46. The highest BCUT2D eigenvalue weighted by Gasteiger charge is 2.16. The van der Waals surface area contributed by atoms with E-state index in [0.717, 1.165) is 11.1 Å². The number of hydrogen-bond donors (Lipinski definition) is 0. The molecule has 28 heavy (non-hydrogen) atoms. The van der Waals surface area contributed by atoms with Crippen LogP contribution in [0.25, 0.3) is 10.8 Å². The molecule has 0 aromatic heterocycles. The lowest BCUT2D eigenvalue weighted by Gasteiger charge is -2.22. The predicted octanol–water partition coefficient (Wildman–Crippen LogP) is 5.61. The van der Waals surface area contributed by atoms with Gasteiger partial charge in [-0.1, -0.05) is 91.0 Å². The van der Waals surface area contributed by atoms with Crippen molar-refractivity contribution in [3.8, 4) is 0 Å². The summed E-state index contributed by atoms with van der Waals surface area (Å²) in [6.45, 7) is 1.03. The van der Waals surface area contributed by atoms with Crippen molar-refractivity contribution >= 4 is 16.7 Å². The van der Waals surface area contributed by atoms with Gasteiger partial charge in [0.05, 0.1) is 18.7 Å². The fourth-order valence-corrected chi connectivity index (χ4v) is 3.27. The van der Waals surface area contributed by atoms with E-state index in [4.69, 9.17) is 4.84 Å². The monoisotopic (exact) mass is 367 g/mol. The van der Waals surface area contributed by atoms with Crippen molar-refractivity contribution in [3.05, 3.63) is 120 Å². The molecular formula is C25H21NO2. The smallest absolute Gasteiger partial charge is 0.357 e. The fraction of sp³-hybridized carbons (Fsp3) is 0.0800. The number of hydrogen-bond acceptors (Lipinski definition) is 3. The number of carbonyl (C=O) groups excluding carboxylic acids is 1. The Morgan fingerprint density at radius 1 is 0.679 bits per heavy atom. The van der Waals surface area contributed by atoms with Gasteiger partial charge in [-0.05, 0) is 34.0 Å². The lowest BCUT2D eigenvalue weighted by atomic mass is 10.0. The van der Waals surface area contributed by atoms with Crippen molar-refractivity contribution < 1.29 is 9.63 Å². The molecule has 0 bridgehead atoms. The highest BCUT2D eigenvalue weighted by Crippen LogP contribution is 2.21. The van der Waals surface area contributed by atoms with Crippen LogP contribution >= 0.6 is 0 Å². The molecule has 138 valence electrons. The summed E-state index contributed by atoms with van der Waals surface area (Å²) < 4.78 is 0. The Balaban J connectivity index is 1.61. The first-order valence-corrected chi connectivity index (χ1v) is 9.32. The molecule has 3 heteroatoms. The maximum Gasteiger partial charge on any atom is 0.357 e. The Bertz CT molecular complexity index is 1060. The van der Waals surface area contributed by atoms with Crippen LogP contribution in [0.2, 0.25) is 0 Å². The Hall–Kier alpha value is -3.43. The van der Waals surface area contributed by atoms with Gasteiger partial charge in [-0.15, -0.1) is 5.06 Å². The molecule has 3 nitrogen and oxygen atoms in total. The molecule has 0 aliphatic carbocycles. The van der Waals surface area contributed by atoms with Gasteiger partial charge >= 0.3 is 5.97 Å². The maximum absolute atomic E-state index is 12.6. The average molecular weight is 367 g/mol. The standard InChI is InChI=1S/C25H21NO2/c27-25(22-13-5-2-6-14-22)28-26(18-20-10-3-1-4-11-20)19-23-16-9-15-21-12-7-8-17-24(21)23/h1-17H,18-19H2. The molecule has 0 amide bonds. The lowest BCUT2D eigenvalue weighted by molar-refractivity contribution is -0.123. The molecule has 0 spiro atoms. The van der Waals surface area contributed by atoms with E-state index in [1.54, 1.807) is 17.2 Å². The van der Waals surface area contributed by atoms with Crippen LogP contribution in [0.4, 0.5) is 0 Å². The van der Waals surface area contributed by atoms with Crippen molar-refractivity contribution in [2.45, 2.75) is 13.1 Å². The van der Waals surface area contributed by atoms with Crippen LogP contribution in [0.5, 0.6) is 0 Å². The number of hydroxylamine groups is 2. The molecule has 0 saturated carbocycles. The van der Waals surface area contributed by atoms with Crippen LogP contribution in [0, 0.1) is 0 Å².